The van der Waals surface area contributed by atoms with Crippen molar-refractivity contribution in [2.75, 3.05) is 18.4 Å². The molecule has 6 heteroatoms. The van der Waals surface area contributed by atoms with E-state index in [-0.39, 0.29) is 24.3 Å². The number of nitrogens with two attached hydrogens (primary N) is 1. The molecule has 1 aromatic rings. The molecule has 2 amide bonds. The lowest BCUT2D eigenvalue weighted by Crippen LogP contribution is -2.30. The van der Waals surface area contributed by atoms with E-state index in [4.69, 9.17) is 5.73 Å². The van der Waals surface area contributed by atoms with Crippen molar-refractivity contribution in [3.05, 3.63) is 29.6 Å². The van der Waals surface area contributed by atoms with Gasteiger partial charge in [0.1, 0.15) is 5.82 Å². The Balaban J connectivity index is 0.00000256. The molecule has 17 heavy (non-hydrogen) atoms. The van der Waals surface area contributed by atoms with Gasteiger partial charge >= 0.3 is 6.03 Å². The van der Waals surface area contributed by atoms with Crippen LogP contribution in [-0.4, -0.2) is 19.1 Å². The van der Waals surface area contributed by atoms with E-state index in [9.17, 15) is 9.18 Å². The number of halogens is 2. The summed E-state index contributed by atoms with van der Waals surface area (Å²) in [7, 11) is 0. The third-order valence-corrected chi connectivity index (χ3v) is 2.10. The summed E-state index contributed by atoms with van der Waals surface area (Å²) in [5, 5.41) is 5.15. The Labute approximate surface area is 106 Å². The standard InChI is InChI=1S/C11H16FN3O.ClH/c1-8-3-4-9(7-10(8)12)15-11(16)14-6-2-5-13;/h3-4,7H,2,5-6,13H2,1H3,(H2,14,15,16);1H. The summed E-state index contributed by atoms with van der Waals surface area (Å²) in [6, 6.07) is 4.21. The van der Waals surface area contributed by atoms with Gasteiger partial charge in [0.15, 0.2) is 0 Å². The van der Waals surface area contributed by atoms with Crippen LogP contribution in [0.2, 0.25) is 0 Å². The van der Waals surface area contributed by atoms with E-state index in [0.29, 0.717) is 24.3 Å². The number of anilines is 1. The van der Waals surface area contributed by atoms with Crippen molar-refractivity contribution in [1.29, 1.82) is 0 Å². The summed E-state index contributed by atoms with van der Waals surface area (Å²) in [4.78, 5) is 11.3. The summed E-state index contributed by atoms with van der Waals surface area (Å²) >= 11 is 0. The number of aryl methyl sites for hydroxylation is 1. The van der Waals surface area contributed by atoms with Crippen molar-refractivity contribution in [1.82, 2.24) is 5.32 Å². The van der Waals surface area contributed by atoms with Gasteiger partial charge in [-0.2, -0.15) is 0 Å². The van der Waals surface area contributed by atoms with Gasteiger partial charge in [-0.25, -0.2) is 9.18 Å². The van der Waals surface area contributed by atoms with Crippen LogP contribution in [0.1, 0.15) is 12.0 Å². The highest BCUT2D eigenvalue weighted by Gasteiger charge is 2.03. The lowest BCUT2D eigenvalue weighted by atomic mass is 10.2. The van der Waals surface area contributed by atoms with Crippen LogP contribution in [0.4, 0.5) is 14.9 Å². The Kier molecular flexibility index (Phi) is 7.25. The molecule has 4 N–H and O–H groups in total. The molecule has 0 radical (unpaired) electrons. The van der Waals surface area contributed by atoms with Crippen molar-refractivity contribution in [2.24, 2.45) is 5.73 Å². The Morgan fingerprint density at radius 1 is 1.47 bits per heavy atom. The molecular formula is C11H17ClFN3O. The first kappa shape index (κ1) is 15.7. The Bertz CT molecular complexity index is 374. The van der Waals surface area contributed by atoms with Crippen LogP contribution in [0, 0.1) is 12.7 Å². The van der Waals surface area contributed by atoms with E-state index >= 15 is 0 Å². The van der Waals surface area contributed by atoms with Gasteiger partial charge in [-0.3, -0.25) is 0 Å². The van der Waals surface area contributed by atoms with Crippen molar-refractivity contribution < 1.29 is 9.18 Å². The van der Waals surface area contributed by atoms with Gasteiger partial charge in [-0.05, 0) is 37.6 Å². The second-order valence-corrected chi connectivity index (χ2v) is 3.49. The molecule has 0 heterocycles. The molecule has 0 saturated carbocycles. The fourth-order valence-corrected chi connectivity index (χ4v) is 1.15. The average molecular weight is 262 g/mol. The summed E-state index contributed by atoms with van der Waals surface area (Å²) < 4.78 is 13.1. The number of amides is 2. The summed E-state index contributed by atoms with van der Waals surface area (Å²) in [6.07, 6.45) is 0.718. The van der Waals surface area contributed by atoms with E-state index in [0.717, 1.165) is 6.42 Å². The van der Waals surface area contributed by atoms with Crippen LogP contribution in [0.3, 0.4) is 0 Å². The third kappa shape index (κ3) is 5.51. The van der Waals surface area contributed by atoms with Crippen LogP contribution in [-0.2, 0) is 0 Å². The lowest BCUT2D eigenvalue weighted by molar-refractivity contribution is 0.252. The molecule has 0 bridgehead atoms. The number of hydrogen-bond acceptors (Lipinski definition) is 2. The van der Waals surface area contributed by atoms with Gasteiger partial charge in [0, 0.05) is 12.2 Å². The maximum atomic E-state index is 13.1. The fourth-order valence-electron chi connectivity index (χ4n) is 1.15. The molecule has 0 unspecified atom stereocenters. The molecule has 4 nitrogen and oxygen atoms in total. The van der Waals surface area contributed by atoms with Crippen molar-refractivity contribution >= 4 is 24.1 Å². The molecule has 1 aromatic carbocycles. The van der Waals surface area contributed by atoms with E-state index in [1.165, 1.54) is 6.07 Å². The summed E-state index contributed by atoms with van der Waals surface area (Å²) in [5.74, 6) is -0.334. The lowest BCUT2D eigenvalue weighted by Gasteiger charge is -2.07. The zero-order valence-electron chi connectivity index (χ0n) is 9.63. The summed E-state index contributed by atoms with van der Waals surface area (Å²) in [6.45, 7) is 2.70. The van der Waals surface area contributed by atoms with Crippen LogP contribution in [0.5, 0.6) is 0 Å². The highest BCUT2D eigenvalue weighted by Crippen LogP contribution is 2.13. The second-order valence-electron chi connectivity index (χ2n) is 3.49. The number of carbonyl (C=O) groups excluding carboxylic acids is 1. The third-order valence-electron chi connectivity index (χ3n) is 2.10. The molecule has 0 spiro atoms. The van der Waals surface area contributed by atoms with Gasteiger partial charge in [-0.1, -0.05) is 6.07 Å². The Hall–Kier alpha value is -1.33. The quantitative estimate of drug-likeness (QED) is 0.726. The predicted octanol–water partition coefficient (Wildman–Crippen LogP) is 2.03. The van der Waals surface area contributed by atoms with Crippen molar-refractivity contribution in [2.45, 2.75) is 13.3 Å². The van der Waals surface area contributed by atoms with E-state index in [1.54, 1.807) is 19.1 Å². The minimum atomic E-state index is -0.350. The molecule has 0 aromatic heterocycles. The van der Waals surface area contributed by atoms with Crippen LogP contribution in [0.15, 0.2) is 18.2 Å². The number of urea groups is 1. The van der Waals surface area contributed by atoms with Gasteiger partial charge in [0.25, 0.3) is 0 Å². The first-order valence-electron chi connectivity index (χ1n) is 5.14. The topological polar surface area (TPSA) is 67.2 Å². The van der Waals surface area contributed by atoms with Crippen LogP contribution < -0.4 is 16.4 Å². The molecular weight excluding hydrogens is 245 g/mol. The monoisotopic (exact) mass is 261 g/mol. The second kappa shape index (κ2) is 7.86. The average Bonchev–Trinajstić information content (AvgIpc) is 2.24. The first-order valence-corrected chi connectivity index (χ1v) is 5.14. The number of hydrogen-bond donors (Lipinski definition) is 3. The van der Waals surface area contributed by atoms with Crippen molar-refractivity contribution in [3.63, 3.8) is 0 Å². The van der Waals surface area contributed by atoms with Gasteiger partial charge in [0.2, 0.25) is 0 Å². The van der Waals surface area contributed by atoms with E-state index in [1.807, 2.05) is 0 Å². The molecule has 96 valence electrons. The van der Waals surface area contributed by atoms with Crippen LogP contribution in [0.25, 0.3) is 0 Å². The number of nitrogens with one attached hydrogen (secondary N) is 2. The molecule has 0 aliphatic rings. The molecule has 0 aliphatic heterocycles. The van der Waals surface area contributed by atoms with E-state index < -0.39 is 0 Å². The largest absolute Gasteiger partial charge is 0.338 e. The smallest absolute Gasteiger partial charge is 0.319 e. The zero-order chi connectivity index (χ0) is 12.0. The zero-order valence-corrected chi connectivity index (χ0v) is 10.4. The molecule has 0 fully saturated rings. The molecule has 0 saturated heterocycles. The number of carbonyl (C=O) groups is 1. The molecule has 0 aliphatic carbocycles. The Morgan fingerprint density at radius 3 is 2.76 bits per heavy atom. The minimum absolute atomic E-state index is 0. The molecule has 1 rings (SSSR count). The van der Waals surface area contributed by atoms with Gasteiger partial charge < -0.3 is 16.4 Å². The van der Waals surface area contributed by atoms with Gasteiger partial charge in [-0.15, -0.1) is 12.4 Å². The minimum Gasteiger partial charge on any atom is -0.338 e. The molecule has 0 atom stereocenters. The highest BCUT2D eigenvalue weighted by molar-refractivity contribution is 5.89. The van der Waals surface area contributed by atoms with E-state index in [2.05, 4.69) is 10.6 Å². The normalized spacial score (nSPS) is 9.35. The van der Waals surface area contributed by atoms with Crippen LogP contribution >= 0.6 is 12.4 Å². The number of benzene rings is 1. The predicted molar refractivity (Wildman–Crippen MR) is 69.1 cm³/mol. The fraction of sp³-hybridized carbons (Fsp3) is 0.364. The van der Waals surface area contributed by atoms with Crippen molar-refractivity contribution in [3.8, 4) is 0 Å². The summed E-state index contributed by atoms with van der Waals surface area (Å²) in [5.41, 5.74) is 6.27. The first-order chi connectivity index (χ1) is 7.63. The van der Waals surface area contributed by atoms with Gasteiger partial charge in [0.05, 0.1) is 0 Å². The SMILES string of the molecule is Cc1ccc(NC(=O)NCCCN)cc1F.Cl. The number of rotatable bonds is 4. The maximum Gasteiger partial charge on any atom is 0.319 e. The maximum absolute atomic E-state index is 13.1. The Morgan fingerprint density at radius 2 is 2.18 bits per heavy atom. The highest BCUT2D eigenvalue weighted by atomic mass is 35.5.